The quantitative estimate of drug-likeness (QED) is 0.798. The fourth-order valence-electron chi connectivity index (χ4n) is 3.06. The van der Waals surface area contributed by atoms with Crippen LogP contribution in [0, 0.1) is 6.92 Å². The zero-order chi connectivity index (χ0) is 19.6. The van der Waals surface area contributed by atoms with E-state index in [-0.39, 0.29) is 11.8 Å². The lowest BCUT2D eigenvalue weighted by molar-refractivity contribution is -0.117. The first-order valence-electron chi connectivity index (χ1n) is 8.57. The number of aromatic nitrogens is 2. The van der Waals surface area contributed by atoms with Crippen molar-refractivity contribution >= 4 is 40.9 Å². The van der Waals surface area contributed by atoms with Gasteiger partial charge in [0.2, 0.25) is 11.8 Å². The van der Waals surface area contributed by atoms with E-state index in [1.165, 1.54) is 13.2 Å². The molecule has 8 heteroatoms. The van der Waals surface area contributed by atoms with Gasteiger partial charge in [-0.05, 0) is 31.6 Å². The van der Waals surface area contributed by atoms with E-state index in [0.717, 1.165) is 12.1 Å². The van der Waals surface area contributed by atoms with Crippen molar-refractivity contribution < 1.29 is 14.3 Å². The number of methoxy groups -OCH3 is 1. The summed E-state index contributed by atoms with van der Waals surface area (Å²) in [4.78, 5) is 25.9. The average molecular weight is 389 g/mol. The molecule has 142 valence electrons. The molecule has 1 aromatic heterocycles. The molecule has 1 N–H and O–H groups in total. The van der Waals surface area contributed by atoms with Crippen LogP contribution in [-0.4, -0.2) is 35.2 Å². The third kappa shape index (κ3) is 3.98. The van der Waals surface area contributed by atoms with Gasteiger partial charge >= 0.3 is 0 Å². The van der Waals surface area contributed by atoms with Crippen LogP contribution >= 0.6 is 11.6 Å². The van der Waals surface area contributed by atoms with Gasteiger partial charge in [0.1, 0.15) is 10.9 Å². The van der Waals surface area contributed by atoms with Crippen LogP contribution in [0.4, 0.5) is 11.4 Å². The lowest BCUT2D eigenvalue weighted by Crippen LogP contribution is -2.24. The Morgan fingerprint density at radius 2 is 2.19 bits per heavy atom. The van der Waals surface area contributed by atoms with E-state index in [2.05, 4.69) is 10.4 Å². The molecule has 1 aliphatic heterocycles. The van der Waals surface area contributed by atoms with Gasteiger partial charge in [0.25, 0.3) is 0 Å². The molecule has 1 aliphatic rings. The maximum atomic E-state index is 12.2. The predicted molar refractivity (Wildman–Crippen MR) is 105 cm³/mol. The second-order valence-corrected chi connectivity index (χ2v) is 6.63. The topological polar surface area (TPSA) is 76.5 Å². The van der Waals surface area contributed by atoms with Crippen LogP contribution in [0.5, 0.6) is 5.75 Å². The lowest BCUT2D eigenvalue weighted by Gasteiger charge is -2.19. The highest BCUT2D eigenvalue weighted by molar-refractivity contribution is 6.31. The van der Waals surface area contributed by atoms with Crippen LogP contribution < -0.4 is 15.0 Å². The van der Waals surface area contributed by atoms with E-state index in [1.54, 1.807) is 40.9 Å². The van der Waals surface area contributed by atoms with Crippen molar-refractivity contribution in [3.05, 3.63) is 40.7 Å². The second-order valence-electron chi connectivity index (χ2n) is 6.27. The van der Waals surface area contributed by atoms with Gasteiger partial charge in [-0.25, -0.2) is 0 Å². The Morgan fingerprint density at radius 1 is 1.41 bits per heavy atom. The van der Waals surface area contributed by atoms with E-state index in [0.29, 0.717) is 40.8 Å². The molecule has 2 amide bonds. The monoisotopic (exact) mass is 388 g/mol. The molecular weight excluding hydrogens is 368 g/mol. The number of aryl methyl sites for hydroxylation is 2. The summed E-state index contributed by atoms with van der Waals surface area (Å²) < 4.78 is 6.95. The first kappa shape index (κ1) is 19.0. The number of carbonyl (C=O) groups is 2. The van der Waals surface area contributed by atoms with Gasteiger partial charge in [0.05, 0.1) is 18.5 Å². The van der Waals surface area contributed by atoms with Gasteiger partial charge in [-0.15, -0.1) is 0 Å². The predicted octanol–water partition coefficient (Wildman–Crippen LogP) is 3.17. The minimum absolute atomic E-state index is 0.0803. The van der Waals surface area contributed by atoms with Crippen LogP contribution in [-0.2, 0) is 16.6 Å². The fraction of sp³-hybridized carbons (Fsp3) is 0.316. The number of nitrogens with one attached hydrogen (secondary N) is 1. The first-order valence-corrected chi connectivity index (χ1v) is 8.95. The van der Waals surface area contributed by atoms with Gasteiger partial charge in [-0.2, -0.15) is 5.10 Å². The zero-order valence-corrected chi connectivity index (χ0v) is 16.2. The molecule has 2 aromatic rings. The summed E-state index contributed by atoms with van der Waals surface area (Å²) in [5.41, 5.74) is 2.74. The molecule has 1 fully saturated rings. The highest BCUT2D eigenvalue weighted by Gasteiger charge is 2.24. The Hall–Kier alpha value is -2.80. The van der Waals surface area contributed by atoms with Crippen molar-refractivity contribution in [2.75, 3.05) is 23.9 Å². The fourth-order valence-corrected chi connectivity index (χ4v) is 3.30. The normalized spacial score (nSPS) is 14.2. The molecule has 0 radical (unpaired) electrons. The number of anilines is 2. The molecule has 0 spiro atoms. The SMILES string of the molecule is COc1cc(NC(=O)/C=C/c2c(C)nn(C)c2Cl)ccc1N1CCCC1=O. The van der Waals surface area contributed by atoms with Crippen LogP contribution in [0.25, 0.3) is 6.08 Å². The van der Waals surface area contributed by atoms with Crippen LogP contribution in [0.1, 0.15) is 24.1 Å². The van der Waals surface area contributed by atoms with Crippen molar-refractivity contribution in [2.45, 2.75) is 19.8 Å². The van der Waals surface area contributed by atoms with Crippen molar-refractivity contribution in [1.29, 1.82) is 0 Å². The van der Waals surface area contributed by atoms with Crippen molar-refractivity contribution in [1.82, 2.24) is 9.78 Å². The Bertz CT molecular complexity index is 920. The molecule has 0 aliphatic carbocycles. The van der Waals surface area contributed by atoms with Gasteiger partial charge in [-0.3, -0.25) is 14.3 Å². The molecular formula is C19H21ClN4O3. The summed E-state index contributed by atoms with van der Waals surface area (Å²) in [6.07, 6.45) is 4.42. The van der Waals surface area contributed by atoms with Crippen molar-refractivity contribution in [3.8, 4) is 5.75 Å². The van der Waals surface area contributed by atoms with E-state index in [1.807, 2.05) is 6.92 Å². The zero-order valence-electron chi connectivity index (χ0n) is 15.5. The number of benzene rings is 1. The maximum absolute atomic E-state index is 12.2. The molecule has 7 nitrogen and oxygen atoms in total. The summed E-state index contributed by atoms with van der Waals surface area (Å²) in [7, 11) is 3.28. The maximum Gasteiger partial charge on any atom is 0.248 e. The number of rotatable bonds is 5. The van der Waals surface area contributed by atoms with E-state index < -0.39 is 0 Å². The standard InChI is InChI=1S/C19H21ClN4O3/c1-12-14(19(20)23(2)22-12)7-9-17(25)21-13-6-8-15(16(11-13)27-3)24-10-4-5-18(24)26/h6-9,11H,4-5,10H2,1-3H3,(H,21,25)/b9-7+. The Balaban J connectivity index is 1.74. The molecule has 27 heavy (non-hydrogen) atoms. The van der Waals surface area contributed by atoms with E-state index in [4.69, 9.17) is 16.3 Å². The largest absolute Gasteiger partial charge is 0.494 e. The van der Waals surface area contributed by atoms with Gasteiger partial charge in [0, 0.05) is 43.4 Å². The van der Waals surface area contributed by atoms with Crippen LogP contribution in [0.3, 0.4) is 0 Å². The number of hydrogen-bond donors (Lipinski definition) is 1. The average Bonchev–Trinajstić information content (AvgIpc) is 3.16. The second kappa shape index (κ2) is 7.84. The summed E-state index contributed by atoms with van der Waals surface area (Å²) in [6.45, 7) is 2.50. The highest BCUT2D eigenvalue weighted by Crippen LogP contribution is 2.33. The molecule has 0 unspecified atom stereocenters. The smallest absolute Gasteiger partial charge is 0.248 e. The molecule has 1 aromatic carbocycles. The minimum atomic E-state index is -0.304. The number of nitrogens with zero attached hydrogens (tertiary/aromatic N) is 3. The van der Waals surface area contributed by atoms with Crippen molar-refractivity contribution in [3.63, 3.8) is 0 Å². The van der Waals surface area contributed by atoms with Crippen LogP contribution in [0.2, 0.25) is 5.15 Å². The molecule has 0 bridgehead atoms. The molecule has 0 saturated carbocycles. The summed E-state index contributed by atoms with van der Waals surface area (Å²) in [5.74, 6) is 0.316. The molecule has 1 saturated heterocycles. The first-order chi connectivity index (χ1) is 12.9. The summed E-state index contributed by atoms with van der Waals surface area (Å²) in [6, 6.07) is 5.23. The van der Waals surface area contributed by atoms with Gasteiger partial charge < -0.3 is 15.0 Å². The third-order valence-corrected chi connectivity index (χ3v) is 4.86. The third-order valence-electron chi connectivity index (χ3n) is 4.41. The highest BCUT2D eigenvalue weighted by atomic mass is 35.5. The minimum Gasteiger partial charge on any atom is -0.494 e. The number of amides is 2. The number of halogens is 1. The van der Waals surface area contributed by atoms with Gasteiger partial charge in [0.15, 0.2) is 0 Å². The van der Waals surface area contributed by atoms with E-state index >= 15 is 0 Å². The summed E-state index contributed by atoms with van der Waals surface area (Å²) in [5, 5.41) is 7.45. The lowest BCUT2D eigenvalue weighted by atomic mass is 10.2. The molecule has 3 rings (SSSR count). The summed E-state index contributed by atoms with van der Waals surface area (Å²) >= 11 is 6.16. The Morgan fingerprint density at radius 3 is 2.78 bits per heavy atom. The Kier molecular flexibility index (Phi) is 5.51. The number of hydrogen-bond acceptors (Lipinski definition) is 4. The number of carbonyl (C=O) groups excluding carboxylic acids is 2. The Labute approximate surface area is 162 Å². The van der Waals surface area contributed by atoms with E-state index in [9.17, 15) is 9.59 Å². The van der Waals surface area contributed by atoms with Gasteiger partial charge in [-0.1, -0.05) is 11.6 Å². The molecule has 2 heterocycles. The van der Waals surface area contributed by atoms with Crippen molar-refractivity contribution in [2.24, 2.45) is 7.05 Å². The molecule has 0 atom stereocenters. The number of ether oxygens (including phenoxy) is 1. The van der Waals surface area contributed by atoms with Crippen LogP contribution in [0.15, 0.2) is 24.3 Å².